The Kier molecular flexibility index (Phi) is 9.64. The third-order valence-electron chi connectivity index (χ3n) is 2.35. The lowest BCUT2D eigenvalue weighted by atomic mass is 10.0. The Morgan fingerprint density at radius 3 is 1.94 bits per heavy atom. The van der Waals surface area contributed by atoms with Crippen molar-refractivity contribution in [3.63, 3.8) is 0 Å². The van der Waals surface area contributed by atoms with Gasteiger partial charge in [-0.1, -0.05) is 51.5 Å². The molecule has 18 heavy (non-hydrogen) atoms. The van der Waals surface area contributed by atoms with Crippen molar-refractivity contribution in [2.75, 3.05) is 13.2 Å². The second-order valence-corrected chi connectivity index (χ2v) is 3.89. The molecule has 0 N–H and O–H groups in total. The van der Waals surface area contributed by atoms with Crippen LogP contribution in [-0.4, -0.2) is 25.2 Å². The third kappa shape index (κ3) is 6.89. The van der Waals surface area contributed by atoms with E-state index in [9.17, 15) is 9.59 Å². The zero-order valence-corrected chi connectivity index (χ0v) is 11.0. The van der Waals surface area contributed by atoms with Crippen molar-refractivity contribution in [3.8, 4) is 0 Å². The zero-order valence-electron chi connectivity index (χ0n) is 11.0. The molecule has 0 saturated heterocycles. The monoisotopic (exact) mass is 254 g/mol. The van der Waals surface area contributed by atoms with E-state index in [-0.39, 0.29) is 13.2 Å². The van der Waals surface area contributed by atoms with Crippen LogP contribution in [0.3, 0.4) is 0 Å². The lowest BCUT2D eigenvalue weighted by Crippen LogP contribution is -2.28. The fourth-order valence-corrected chi connectivity index (χ4v) is 1.41. The Labute approximate surface area is 109 Å². The summed E-state index contributed by atoms with van der Waals surface area (Å²) in [5, 5.41) is 0. The van der Waals surface area contributed by atoms with Gasteiger partial charge in [0.2, 0.25) is 0 Å². The standard InChI is InChI=1S/C14H22O4/c1-4-7-8-9-12(13(15)17-10-5-2)14(16)18-11-6-3/h5-6,12H,2-4,7-11H2,1H3. The van der Waals surface area contributed by atoms with Gasteiger partial charge in [-0.05, 0) is 6.42 Å². The van der Waals surface area contributed by atoms with Crippen molar-refractivity contribution in [1.82, 2.24) is 0 Å². The minimum Gasteiger partial charge on any atom is -0.461 e. The first-order chi connectivity index (χ1) is 8.67. The average Bonchev–Trinajstić information content (AvgIpc) is 2.38. The number of carbonyl (C=O) groups excluding carboxylic acids is 2. The summed E-state index contributed by atoms with van der Waals surface area (Å²) < 4.78 is 9.80. The Balaban J connectivity index is 4.38. The molecular weight excluding hydrogens is 232 g/mol. The summed E-state index contributed by atoms with van der Waals surface area (Å²) in [4.78, 5) is 23.4. The smallest absolute Gasteiger partial charge is 0.320 e. The molecule has 0 amide bonds. The number of hydrogen-bond donors (Lipinski definition) is 0. The van der Waals surface area contributed by atoms with E-state index < -0.39 is 17.9 Å². The summed E-state index contributed by atoms with van der Waals surface area (Å²) in [7, 11) is 0. The van der Waals surface area contributed by atoms with Crippen LogP contribution in [0.1, 0.15) is 32.6 Å². The highest BCUT2D eigenvalue weighted by Gasteiger charge is 2.28. The molecule has 0 aromatic heterocycles. The van der Waals surface area contributed by atoms with Crippen LogP contribution in [0.4, 0.5) is 0 Å². The molecule has 0 aliphatic carbocycles. The van der Waals surface area contributed by atoms with Gasteiger partial charge in [-0.3, -0.25) is 9.59 Å². The van der Waals surface area contributed by atoms with E-state index in [1.165, 1.54) is 12.2 Å². The quantitative estimate of drug-likeness (QED) is 0.260. The molecule has 0 aliphatic rings. The van der Waals surface area contributed by atoms with Gasteiger partial charge < -0.3 is 9.47 Å². The average molecular weight is 254 g/mol. The topological polar surface area (TPSA) is 52.6 Å². The Bertz CT molecular complexity index is 260. The summed E-state index contributed by atoms with van der Waals surface area (Å²) in [6.07, 6.45) is 6.19. The van der Waals surface area contributed by atoms with E-state index in [1.807, 2.05) is 0 Å². The van der Waals surface area contributed by atoms with Gasteiger partial charge in [-0.15, -0.1) is 0 Å². The molecule has 0 aliphatic heterocycles. The molecule has 0 rings (SSSR count). The molecule has 0 unspecified atom stereocenters. The van der Waals surface area contributed by atoms with E-state index >= 15 is 0 Å². The lowest BCUT2D eigenvalue weighted by Gasteiger charge is -2.14. The summed E-state index contributed by atoms with van der Waals surface area (Å²) in [6, 6.07) is 0. The van der Waals surface area contributed by atoms with Crippen LogP contribution in [0.25, 0.3) is 0 Å². The largest absolute Gasteiger partial charge is 0.461 e. The molecule has 0 bridgehead atoms. The fraction of sp³-hybridized carbons (Fsp3) is 0.571. The SMILES string of the molecule is C=CCOC(=O)C(CCCCC)C(=O)OCC=C. The van der Waals surface area contributed by atoms with E-state index in [0.29, 0.717) is 6.42 Å². The van der Waals surface area contributed by atoms with Crippen LogP contribution in [0.2, 0.25) is 0 Å². The van der Waals surface area contributed by atoms with E-state index in [2.05, 4.69) is 20.1 Å². The van der Waals surface area contributed by atoms with Crippen LogP contribution in [-0.2, 0) is 19.1 Å². The van der Waals surface area contributed by atoms with Crippen molar-refractivity contribution in [1.29, 1.82) is 0 Å². The van der Waals surface area contributed by atoms with Crippen LogP contribution < -0.4 is 0 Å². The Morgan fingerprint density at radius 2 is 1.56 bits per heavy atom. The zero-order chi connectivity index (χ0) is 13.8. The maximum absolute atomic E-state index is 11.7. The number of ether oxygens (including phenoxy) is 2. The summed E-state index contributed by atoms with van der Waals surface area (Å²) >= 11 is 0. The van der Waals surface area contributed by atoms with Crippen LogP contribution in [0.5, 0.6) is 0 Å². The predicted octanol–water partition coefficient (Wildman–Crippen LogP) is 2.64. The first-order valence-corrected chi connectivity index (χ1v) is 6.22. The van der Waals surface area contributed by atoms with Gasteiger partial charge in [-0.2, -0.15) is 0 Å². The number of carbonyl (C=O) groups is 2. The molecule has 4 nitrogen and oxygen atoms in total. The van der Waals surface area contributed by atoms with E-state index in [4.69, 9.17) is 9.47 Å². The number of rotatable bonds is 10. The maximum atomic E-state index is 11.7. The molecule has 0 spiro atoms. The van der Waals surface area contributed by atoms with Gasteiger partial charge >= 0.3 is 11.9 Å². The Morgan fingerprint density at radius 1 is 1.06 bits per heavy atom. The predicted molar refractivity (Wildman–Crippen MR) is 69.9 cm³/mol. The molecule has 4 heteroatoms. The highest BCUT2D eigenvalue weighted by atomic mass is 16.6. The second-order valence-electron chi connectivity index (χ2n) is 3.89. The summed E-state index contributed by atoms with van der Waals surface area (Å²) in [5.74, 6) is -1.92. The summed E-state index contributed by atoms with van der Waals surface area (Å²) in [6.45, 7) is 9.18. The fourth-order valence-electron chi connectivity index (χ4n) is 1.41. The molecule has 0 saturated carbocycles. The molecule has 102 valence electrons. The van der Waals surface area contributed by atoms with Gasteiger partial charge in [0.05, 0.1) is 0 Å². The molecular formula is C14H22O4. The Hall–Kier alpha value is -1.58. The normalized spacial score (nSPS) is 9.89. The van der Waals surface area contributed by atoms with E-state index in [0.717, 1.165) is 19.3 Å². The molecule has 0 heterocycles. The van der Waals surface area contributed by atoms with Crippen molar-refractivity contribution in [2.24, 2.45) is 5.92 Å². The highest BCUT2D eigenvalue weighted by Crippen LogP contribution is 2.14. The summed E-state index contributed by atoms with van der Waals surface area (Å²) in [5.41, 5.74) is 0. The lowest BCUT2D eigenvalue weighted by molar-refractivity contribution is -0.161. The minimum absolute atomic E-state index is 0.109. The molecule has 0 aromatic carbocycles. The van der Waals surface area contributed by atoms with Gasteiger partial charge in [0.15, 0.2) is 5.92 Å². The number of hydrogen-bond acceptors (Lipinski definition) is 4. The molecule has 0 fully saturated rings. The van der Waals surface area contributed by atoms with Gasteiger partial charge in [-0.25, -0.2) is 0 Å². The first kappa shape index (κ1) is 16.4. The minimum atomic E-state index is -0.837. The van der Waals surface area contributed by atoms with Gasteiger partial charge in [0, 0.05) is 0 Å². The van der Waals surface area contributed by atoms with Crippen molar-refractivity contribution >= 4 is 11.9 Å². The first-order valence-electron chi connectivity index (χ1n) is 6.22. The van der Waals surface area contributed by atoms with Crippen LogP contribution >= 0.6 is 0 Å². The molecule has 0 radical (unpaired) electrons. The van der Waals surface area contributed by atoms with Crippen LogP contribution in [0, 0.1) is 5.92 Å². The third-order valence-corrected chi connectivity index (χ3v) is 2.35. The van der Waals surface area contributed by atoms with Gasteiger partial charge in [0.1, 0.15) is 13.2 Å². The maximum Gasteiger partial charge on any atom is 0.320 e. The highest BCUT2D eigenvalue weighted by molar-refractivity contribution is 5.94. The number of unbranched alkanes of at least 4 members (excludes halogenated alkanes) is 2. The molecule has 0 atom stereocenters. The second kappa shape index (κ2) is 10.6. The molecule has 0 aromatic rings. The van der Waals surface area contributed by atoms with Crippen LogP contribution in [0.15, 0.2) is 25.3 Å². The van der Waals surface area contributed by atoms with E-state index in [1.54, 1.807) is 0 Å². The number of esters is 2. The van der Waals surface area contributed by atoms with Crippen molar-refractivity contribution in [2.45, 2.75) is 32.6 Å². The van der Waals surface area contributed by atoms with Crippen molar-refractivity contribution < 1.29 is 19.1 Å². The van der Waals surface area contributed by atoms with Gasteiger partial charge in [0.25, 0.3) is 0 Å². The van der Waals surface area contributed by atoms with Crippen molar-refractivity contribution in [3.05, 3.63) is 25.3 Å².